The van der Waals surface area contributed by atoms with Crippen LogP contribution in [0.25, 0.3) is 10.9 Å². The number of allylic oxidation sites excluding steroid dienone is 1. The summed E-state index contributed by atoms with van der Waals surface area (Å²) in [5.41, 5.74) is 1.63. The van der Waals surface area contributed by atoms with Gasteiger partial charge in [-0.2, -0.15) is 0 Å². The van der Waals surface area contributed by atoms with Gasteiger partial charge in [0.2, 0.25) is 15.9 Å². The molecule has 1 aliphatic heterocycles. The van der Waals surface area contributed by atoms with E-state index in [0.717, 1.165) is 23.8 Å². The maximum atomic E-state index is 14.7. The summed E-state index contributed by atoms with van der Waals surface area (Å²) in [5, 5.41) is 2.59. The summed E-state index contributed by atoms with van der Waals surface area (Å²) in [5.74, 6) is -3.68. The molecular formula is C26H25F2N3O4S. The van der Waals surface area contributed by atoms with Gasteiger partial charge < -0.3 is 9.88 Å². The molecule has 3 aromatic rings. The van der Waals surface area contributed by atoms with Crippen LogP contribution < -0.4 is 10.0 Å². The molecule has 2 amide bonds. The van der Waals surface area contributed by atoms with E-state index in [4.69, 9.17) is 0 Å². The molecule has 2 atom stereocenters. The van der Waals surface area contributed by atoms with Crippen molar-refractivity contribution in [2.45, 2.75) is 44.4 Å². The van der Waals surface area contributed by atoms with Gasteiger partial charge in [0.05, 0.1) is 17.7 Å². The number of rotatable bonds is 6. The molecule has 5 rings (SSSR count). The Kier molecular flexibility index (Phi) is 5.94. The number of nitrogens with zero attached hydrogens (tertiary/aromatic N) is 1. The Morgan fingerprint density at radius 1 is 1.17 bits per heavy atom. The van der Waals surface area contributed by atoms with E-state index in [1.165, 1.54) is 10.8 Å². The number of aryl methyl sites for hydroxylation is 1. The molecule has 2 aliphatic rings. The number of fused-ring (bicyclic) bond motifs is 1. The maximum absolute atomic E-state index is 14.7. The van der Waals surface area contributed by atoms with Crippen LogP contribution in [0, 0.1) is 24.5 Å². The van der Waals surface area contributed by atoms with E-state index < -0.39 is 38.7 Å². The molecule has 1 aliphatic carbocycles. The Balaban J connectivity index is 1.78. The highest BCUT2D eigenvalue weighted by Gasteiger charge is 2.40. The van der Waals surface area contributed by atoms with Gasteiger partial charge in [0.1, 0.15) is 17.3 Å². The average Bonchev–Trinajstić information content (AvgIpc) is 3.62. The Morgan fingerprint density at radius 3 is 2.61 bits per heavy atom. The quantitative estimate of drug-likeness (QED) is 0.523. The van der Waals surface area contributed by atoms with Crippen LogP contribution in [-0.4, -0.2) is 30.0 Å². The molecule has 0 bridgehead atoms. The molecule has 2 N–H and O–H groups in total. The first-order valence-electron chi connectivity index (χ1n) is 11.7. The Bertz CT molecular complexity index is 1540. The molecule has 1 fully saturated rings. The highest BCUT2D eigenvalue weighted by Crippen LogP contribution is 2.39. The van der Waals surface area contributed by atoms with E-state index in [2.05, 4.69) is 10.0 Å². The summed E-state index contributed by atoms with van der Waals surface area (Å²) in [7, 11) is -3.92. The fourth-order valence-corrected chi connectivity index (χ4v) is 6.09. The molecule has 2 unspecified atom stereocenters. The van der Waals surface area contributed by atoms with Crippen molar-refractivity contribution in [3.8, 4) is 0 Å². The van der Waals surface area contributed by atoms with Gasteiger partial charge in [0.15, 0.2) is 0 Å². The van der Waals surface area contributed by atoms with Crippen molar-refractivity contribution in [3.05, 3.63) is 82.7 Å². The molecule has 7 nitrogen and oxygen atoms in total. The van der Waals surface area contributed by atoms with Crippen molar-refractivity contribution in [3.63, 3.8) is 0 Å². The number of sulfonamides is 1. The molecule has 36 heavy (non-hydrogen) atoms. The largest absolute Gasteiger partial charge is 0.332 e. The van der Waals surface area contributed by atoms with Crippen molar-refractivity contribution >= 4 is 32.7 Å². The van der Waals surface area contributed by atoms with Gasteiger partial charge in [-0.1, -0.05) is 24.6 Å². The van der Waals surface area contributed by atoms with E-state index in [1.54, 1.807) is 18.2 Å². The van der Waals surface area contributed by atoms with Crippen LogP contribution in [0.3, 0.4) is 0 Å². The number of hydrogen-bond donors (Lipinski definition) is 2. The minimum atomic E-state index is -3.92. The number of halogens is 2. The summed E-state index contributed by atoms with van der Waals surface area (Å²) in [6, 6.07) is 8.39. The Morgan fingerprint density at radius 2 is 1.92 bits per heavy atom. The number of nitrogens with one attached hydrogen (secondary N) is 2. The normalized spacial score (nSPS) is 19.9. The zero-order chi connectivity index (χ0) is 25.8. The van der Waals surface area contributed by atoms with Gasteiger partial charge in [0, 0.05) is 28.2 Å². The average molecular weight is 514 g/mol. The van der Waals surface area contributed by atoms with Crippen molar-refractivity contribution in [1.29, 1.82) is 0 Å². The number of carbonyl (C=O) groups is 2. The van der Waals surface area contributed by atoms with Gasteiger partial charge >= 0.3 is 0 Å². The molecule has 1 saturated carbocycles. The lowest BCUT2D eigenvalue weighted by atomic mass is 9.83. The molecule has 2 heterocycles. The molecule has 188 valence electrons. The summed E-state index contributed by atoms with van der Waals surface area (Å²) in [6.07, 6.45) is 4.24. The standard InChI is InChI=1S/C26H25F2N3O4S/c1-14-3-8-21-19(11-14)23(22-15(2)9-10-29-25(22)32)24(26(33)30-36(34,35)18-5-6-18)31(21)13-16-12-17(27)4-7-20(16)28/h3-4,7-12,15,18,22H,5-6,13H2,1-2H3,(H,29,32)(H,30,33). The maximum Gasteiger partial charge on any atom is 0.281 e. The van der Waals surface area contributed by atoms with Crippen LogP contribution in [0.5, 0.6) is 0 Å². The lowest BCUT2D eigenvalue weighted by Crippen LogP contribution is -2.37. The van der Waals surface area contributed by atoms with Gasteiger partial charge in [-0.05, 0) is 56.0 Å². The van der Waals surface area contributed by atoms with Crippen molar-refractivity contribution in [2.24, 2.45) is 5.92 Å². The van der Waals surface area contributed by atoms with Crippen LogP contribution in [0.15, 0.2) is 48.7 Å². The van der Waals surface area contributed by atoms with Gasteiger partial charge in [-0.25, -0.2) is 21.9 Å². The number of hydrogen-bond acceptors (Lipinski definition) is 4. The summed E-state index contributed by atoms with van der Waals surface area (Å²) in [4.78, 5) is 26.7. The fraction of sp³-hybridized carbons (Fsp3) is 0.308. The molecular weight excluding hydrogens is 488 g/mol. The van der Waals surface area contributed by atoms with Gasteiger partial charge in [-0.15, -0.1) is 0 Å². The third-order valence-corrected chi connectivity index (χ3v) is 8.57. The SMILES string of the molecule is Cc1ccc2c(c1)c(C1C(=O)NC=CC1C)c(C(=O)NS(=O)(=O)C1CC1)n2Cc1cc(F)ccc1F. The lowest BCUT2D eigenvalue weighted by molar-refractivity contribution is -0.122. The van der Waals surface area contributed by atoms with Crippen LogP contribution in [0.2, 0.25) is 0 Å². The fourth-order valence-electron chi connectivity index (χ4n) is 4.81. The third-order valence-electron chi connectivity index (χ3n) is 6.75. The number of benzene rings is 2. The first-order valence-corrected chi connectivity index (χ1v) is 13.2. The van der Waals surface area contributed by atoms with E-state index in [1.807, 2.05) is 19.9 Å². The smallest absolute Gasteiger partial charge is 0.281 e. The van der Waals surface area contributed by atoms with Crippen molar-refractivity contribution in [1.82, 2.24) is 14.6 Å². The zero-order valence-corrected chi connectivity index (χ0v) is 20.5. The van der Waals surface area contributed by atoms with E-state index in [9.17, 15) is 26.8 Å². The topological polar surface area (TPSA) is 97.3 Å². The molecule has 0 radical (unpaired) electrons. The zero-order valence-electron chi connectivity index (χ0n) is 19.7. The summed E-state index contributed by atoms with van der Waals surface area (Å²) in [6.45, 7) is 3.44. The first-order chi connectivity index (χ1) is 17.1. The van der Waals surface area contributed by atoms with Gasteiger partial charge in [-0.3, -0.25) is 9.59 Å². The van der Waals surface area contributed by atoms with Crippen molar-refractivity contribution in [2.75, 3.05) is 0 Å². The summed E-state index contributed by atoms with van der Waals surface area (Å²) < 4.78 is 57.7. The molecule has 0 saturated heterocycles. The van der Waals surface area contributed by atoms with E-state index in [-0.39, 0.29) is 29.6 Å². The van der Waals surface area contributed by atoms with E-state index in [0.29, 0.717) is 29.3 Å². The molecule has 1 aromatic heterocycles. The minimum absolute atomic E-state index is 0.0147. The monoisotopic (exact) mass is 513 g/mol. The predicted molar refractivity (Wildman–Crippen MR) is 131 cm³/mol. The van der Waals surface area contributed by atoms with E-state index >= 15 is 0 Å². The number of amides is 2. The molecule has 10 heteroatoms. The third kappa shape index (κ3) is 4.30. The first kappa shape index (κ1) is 24.2. The second-order valence-electron chi connectivity index (χ2n) is 9.48. The predicted octanol–water partition coefficient (Wildman–Crippen LogP) is 3.86. The lowest BCUT2D eigenvalue weighted by Gasteiger charge is -2.25. The van der Waals surface area contributed by atoms with Crippen LogP contribution in [0.4, 0.5) is 8.78 Å². The van der Waals surface area contributed by atoms with Crippen LogP contribution in [0.1, 0.15) is 52.9 Å². The highest BCUT2D eigenvalue weighted by molar-refractivity contribution is 7.91. The number of aromatic nitrogens is 1. The minimum Gasteiger partial charge on any atom is -0.332 e. The summed E-state index contributed by atoms with van der Waals surface area (Å²) >= 11 is 0. The second-order valence-corrected chi connectivity index (χ2v) is 11.4. The van der Waals surface area contributed by atoms with Gasteiger partial charge in [0.25, 0.3) is 5.91 Å². The van der Waals surface area contributed by atoms with Crippen LogP contribution in [-0.2, 0) is 21.4 Å². The van der Waals surface area contributed by atoms with Crippen LogP contribution >= 0.6 is 0 Å². The second kappa shape index (κ2) is 8.85. The molecule has 0 spiro atoms. The van der Waals surface area contributed by atoms with Crippen molar-refractivity contribution < 1.29 is 26.8 Å². The Hall–Kier alpha value is -3.53. The molecule has 2 aromatic carbocycles. The highest BCUT2D eigenvalue weighted by atomic mass is 32.2. The Labute approximate surface area is 207 Å². The number of carbonyl (C=O) groups excluding carboxylic acids is 2.